The average molecular weight is 429 g/mol. The van der Waals surface area contributed by atoms with E-state index in [1.54, 1.807) is 12.1 Å². The van der Waals surface area contributed by atoms with E-state index in [1.807, 2.05) is 6.07 Å². The Balaban J connectivity index is 1.48. The lowest BCUT2D eigenvalue weighted by Crippen LogP contribution is -2.33. The highest BCUT2D eigenvalue weighted by Gasteiger charge is 2.19. The topological polar surface area (TPSA) is 60.5 Å². The number of ether oxygens (including phenoxy) is 4. The highest BCUT2D eigenvalue weighted by atomic mass is 16.5. The van der Waals surface area contributed by atoms with Gasteiger partial charge in [0.1, 0.15) is 6.61 Å². The smallest absolute Gasteiger partial charge is 0.338 e. The van der Waals surface area contributed by atoms with Gasteiger partial charge in [-0.3, -0.25) is 9.80 Å². The third-order valence-electron chi connectivity index (χ3n) is 5.47. The molecule has 3 rings (SSSR count). The van der Waals surface area contributed by atoms with Gasteiger partial charge < -0.3 is 18.9 Å². The molecule has 0 spiro atoms. The third kappa shape index (κ3) is 6.35. The monoisotopic (exact) mass is 428 g/mol. The molecule has 0 aromatic heterocycles. The maximum atomic E-state index is 12.5. The van der Waals surface area contributed by atoms with Gasteiger partial charge in [0, 0.05) is 26.2 Å². The summed E-state index contributed by atoms with van der Waals surface area (Å²) in [6.45, 7) is 6.10. The number of esters is 1. The van der Waals surface area contributed by atoms with E-state index in [-0.39, 0.29) is 0 Å². The van der Waals surface area contributed by atoms with E-state index in [2.05, 4.69) is 34.1 Å². The molecule has 0 aliphatic carbocycles. The Morgan fingerprint density at radius 2 is 1.52 bits per heavy atom. The minimum atomic E-state index is -0.403. The Hall–Kier alpha value is -2.77. The lowest BCUT2D eigenvalue weighted by Gasteiger charge is -2.21. The van der Waals surface area contributed by atoms with Crippen LogP contribution in [-0.4, -0.2) is 76.4 Å². The number of rotatable bonds is 9. The molecular formula is C24H32N2O5. The van der Waals surface area contributed by atoms with Crippen molar-refractivity contribution < 1.29 is 23.7 Å². The van der Waals surface area contributed by atoms with Gasteiger partial charge >= 0.3 is 5.97 Å². The van der Waals surface area contributed by atoms with Crippen LogP contribution in [0.4, 0.5) is 0 Å². The van der Waals surface area contributed by atoms with Gasteiger partial charge in [0.15, 0.2) is 11.5 Å². The fourth-order valence-corrected chi connectivity index (χ4v) is 3.80. The summed E-state index contributed by atoms with van der Waals surface area (Å²) in [7, 11) is 4.57. The number of hydrogen-bond acceptors (Lipinski definition) is 7. The van der Waals surface area contributed by atoms with Gasteiger partial charge in [-0.05, 0) is 37.2 Å². The summed E-state index contributed by atoms with van der Waals surface area (Å²) in [5.74, 6) is 0.908. The molecule has 7 heteroatoms. The highest BCUT2D eigenvalue weighted by molar-refractivity contribution is 5.91. The van der Waals surface area contributed by atoms with Crippen molar-refractivity contribution in [2.75, 3.05) is 60.7 Å². The van der Waals surface area contributed by atoms with Crippen LogP contribution in [0.15, 0.2) is 42.5 Å². The second kappa shape index (κ2) is 11.6. The minimum absolute atomic E-state index is 0.341. The van der Waals surface area contributed by atoms with Crippen LogP contribution in [-0.2, 0) is 11.3 Å². The Morgan fingerprint density at radius 3 is 2.16 bits per heavy atom. The first-order valence-corrected chi connectivity index (χ1v) is 10.6. The summed E-state index contributed by atoms with van der Waals surface area (Å²) in [5.41, 5.74) is 1.72. The standard InChI is InChI=1S/C24H32N2O5/c1-28-21-16-20(17-22(29-2)23(21)30-3)24(27)31-15-14-25-10-7-11-26(13-12-25)18-19-8-5-4-6-9-19/h4-6,8-9,16-17H,7,10-15,18H2,1-3H3. The van der Waals surface area contributed by atoms with Gasteiger partial charge in [-0.2, -0.15) is 0 Å². The lowest BCUT2D eigenvalue weighted by atomic mass is 10.2. The van der Waals surface area contributed by atoms with Crippen LogP contribution < -0.4 is 14.2 Å². The Kier molecular flexibility index (Phi) is 8.55. The normalized spacial score (nSPS) is 15.2. The molecule has 1 saturated heterocycles. The number of carbonyl (C=O) groups is 1. The summed E-state index contributed by atoms with van der Waals surface area (Å²) in [4.78, 5) is 17.4. The summed E-state index contributed by atoms with van der Waals surface area (Å²) < 4.78 is 21.4. The number of hydrogen-bond donors (Lipinski definition) is 0. The van der Waals surface area contributed by atoms with Crippen molar-refractivity contribution in [1.29, 1.82) is 0 Å². The molecule has 0 N–H and O–H groups in total. The van der Waals surface area contributed by atoms with Crippen molar-refractivity contribution in [1.82, 2.24) is 9.80 Å². The van der Waals surface area contributed by atoms with Gasteiger partial charge in [-0.1, -0.05) is 30.3 Å². The maximum Gasteiger partial charge on any atom is 0.338 e. The van der Waals surface area contributed by atoms with Crippen LogP contribution in [0.3, 0.4) is 0 Å². The van der Waals surface area contributed by atoms with Crippen molar-refractivity contribution in [2.24, 2.45) is 0 Å². The van der Waals surface area contributed by atoms with E-state index in [9.17, 15) is 4.79 Å². The quantitative estimate of drug-likeness (QED) is 0.569. The van der Waals surface area contributed by atoms with E-state index in [4.69, 9.17) is 18.9 Å². The fraction of sp³-hybridized carbons (Fsp3) is 0.458. The lowest BCUT2D eigenvalue weighted by molar-refractivity contribution is 0.0462. The van der Waals surface area contributed by atoms with Crippen molar-refractivity contribution in [2.45, 2.75) is 13.0 Å². The molecule has 2 aromatic carbocycles. The SMILES string of the molecule is COc1cc(C(=O)OCCN2CCCN(Cc3ccccc3)CC2)cc(OC)c1OC. The average Bonchev–Trinajstić information content (AvgIpc) is 3.03. The van der Waals surface area contributed by atoms with Gasteiger partial charge in [-0.15, -0.1) is 0 Å². The number of carbonyl (C=O) groups excluding carboxylic acids is 1. The molecule has 0 bridgehead atoms. The van der Waals surface area contributed by atoms with Gasteiger partial charge in [-0.25, -0.2) is 4.79 Å². The van der Waals surface area contributed by atoms with Gasteiger partial charge in [0.25, 0.3) is 0 Å². The third-order valence-corrected chi connectivity index (χ3v) is 5.47. The zero-order valence-electron chi connectivity index (χ0n) is 18.6. The minimum Gasteiger partial charge on any atom is -0.493 e. The summed E-state index contributed by atoms with van der Waals surface area (Å²) >= 11 is 0. The molecule has 0 unspecified atom stereocenters. The molecule has 2 aromatic rings. The summed E-state index contributed by atoms with van der Waals surface area (Å²) in [6, 6.07) is 13.8. The molecule has 1 fully saturated rings. The van der Waals surface area contributed by atoms with E-state index >= 15 is 0 Å². The van der Waals surface area contributed by atoms with Crippen molar-refractivity contribution in [3.63, 3.8) is 0 Å². The van der Waals surface area contributed by atoms with E-state index in [0.717, 1.165) is 45.7 Å². The molecular weight excluding hydrogens is 396 g/mol. The molecule has 7 nitrogen and oxygen atoms in total. The van der Waals surface area contributed by atoms with Crippen LogP contribution in [0.2, 0.25) is 0 Å². The molecule has 168 valence electrons. The predicted molar refractivity (Wildman–Crippen MR) is 119 cm³/mol. The molecule has 0 radical (unpaired) electrons. The molecule has 0 atom stereocenters. The Morgan fingerprint density at radius 1 is 0.871 bits per heavy atom. The van der Waals surface area contributed by atoms with Crippen LogP contribution in [0.5, 0.6) is 17.2 Å². The summed E-state index contributed by atoms with van der Waals surface area (Å²) in [5, 5.41) is 0. The van der Waals surface area contributed by atoms with Crippen molar-refractivity contribution in [3.05, 3.63) is 53.6 Å². The van der Waals surface area contributed by atoms with Crippen molar-refractivity contribution in [3.8, 4) is 17.2 Å². The first kappa shape index (κ1) is 22.9. The number of methoxy groups -OCH3 is 3. The molecule has 31 heavy (non-hydrogen) atoms. The maximum absolute atomic E-state index is 12.5. The highest BCUT2D eigenvalue weighted by Crippen LogP contribution is 2.38. The molecule has 0 amide bonds. The van der Waals surface area contributed by atoms with Crippen LogP contribution in [0, 0.1) is 0 Å². The van der Waals surface area contributed by atoms with E-state index < -0.39 is 5.97 Å². The second-order valence-electron chi connectivity index (χ2n) is 7.51. The number of benzene rings is 2. The van der Waals surface area contributed by atoms with Crippen molar-refractivity contribution >= 4 is 5.97 Å². The van der Waals surface area contributed by atoms with Gasteiger partial charge in [0.05, 0.1) is 26.9 Å². The van der Waals surface area contributed by atoms with Crippen LogP contribution >= 0.6 is 0 Å². The molecule has 1 aliphatic heterocycles. The van der Waals surface area contributed by atoms with E-state index in [1.165, 1.54) is 26.9 Å². The van der Waals surface area contributed by atoms with Crippen LogP contribution in [0.1, 0.15) is 22.3 Å². The fourth-order valence-electron chi connectivity index (χ4n) is 3.80. The van der Waals surface area contributed by atoms with Crippen LogP contribution in [0.25, 0.3) is 0 Å². The first-order valence-electron chi connectivity index (χ1n) is 10.6. The largest absolute Gasteiger partial charge is 0.493 e. The number of nitrogens with zero attached hydrogens (tertiary/aromatic N) is 2. The Labute approximate surface area is 184 Å². The summed E-state index contributed by atoms with van der Waals surface area (Å²) in [6.07, 6.45) is 1.10. The van der Waals surface area contributed by atoms with Gasteiger partial charge in [0.2, 0.25) is 5.75 Å². The molecule has 0 saturated carbocycles. The molecule has 1 aliphatic rings. The second-order valence-corrected chi connectivity index (χ2v) is 7.51. The predicted octanol–water partition coefficient (Wildman–Crippen LogP) is 3.08. The molecule has 1 heterocycles. The zero-order chi connectivity index (χ0) is 22.1. The Bertz CT molecular complexity index is 818. The van der Waals surface area contributed by atoms with E-state index in [0.29, 0.717) is 29.4 Å². The first-order chi connectivity index (χ1) is 15.1. The zero-order valence-corrected chi connectivity index (χ0v) is 18.6.